The van der Waals surface area contributed by atoms with Gasteiger partial charge in [-0.3, -0.25) is 0 Å². The van der Waals surface area contributed by atoms with Crippen LogP contribution in [0.5, 0.6) is 0 Å². The molecular weight excluding hydrogens is 348 g/mol. The van der Waals surface area contributed by atoms with E-state index in [0.717, 1.165) is 5.92 Å². The van der Waals surface area contributed by atoms with E-state index in [4.69, 9.17) is 0 Å². The zero-order valence-corrected chi connectivity index (χ0v) is 18.8. The molecular formula is C29H42. The average Bonchev–Trinajstić information content (AvgIpc) is 2.80. The Morgan fingerprint density at radius 1 is 0.621 bits per heavy atom. The molecule has 0 radical (unpaired) electrons. The Morgan fingerprint density at radius 2 is 1.07 bits per heavy atom. The molecule has 0 heteroatoms. The number of hydrogen-bond acceptors (Lipinski definition) is 0. The van der Waals surface area contributed by atoms with Crippen LogP contribution < -0.4 is 0 Å². The highest BCUT2D eigenvalue weighted by Gasteiger charge is 2.37. The molecule has 0 unspecified atom stereocenters. The molecule has 0 nitrogen and oxygen atoms in total. The first kappa shape index (κ1) is 22.1. The van der Waals surface area contributed by atoms with Gasteiger partial charge in [-0.25, -0.2) is 0 Å². The minimum Gasteiger partial charge on any atom is -0.0654 e. The molecule has 2 aromatic carbocycles. The molecule has 2 aromatic rings. The summed E-state index contributed by atoms with van der Waals surface area (Å²) >= 11 is 0. The monoisotopic (exact) mass is 390 g/mol. The largest absolute Gasteiger partial charge is 0.0654 e. The first-order valence-electron chi connectivity index (χ1n) is 12.5. The maximum absolute atomic E-state index is 2.35. The maximum Gasteiger partial charge on any atom is 0.0203 e. The van der Waals surface area contributed by atoms with Crippen molar-refractivity contribution in [3.63, 3.8) is 0 Å². The van der Waals surface area contributed by atoms with Crippen LogP contribution in [0.3, 0.4) is 0 Å². The van der Waals surface area contributed by atoms with Gasteiger partial charge in [-0.2, -0.15) is 0 Å². The van der Waals surface area contributed by atoms with E-state index in [1.165, 1.54) is 101 Å². The third-order valence-electron chi connectivity index (χ3n) is 7.33. The summed E-state index contributed by atoms with van der Waals surface area (Å²) in [6.07, 6.45) is 19.8. The highest BCUT2D eigenvalue weighted by Crippen LogP contribution is 2.47. The van der Waals surface area contributed by atoms with Crippen LogP contribution in [0.25, 0.3) is 0 Å². The molecule has 0 spiro atoms. The van der Waals surface area contributed by atoms with E-state index in [0.29, 0.717) is 0 Å². The average molecular weight is 391 g/mol. The predicted octanol–water partition coefficient (Wildman–Crippen LogP) is 9.08. The van der Waals surface area contributed by atoms with Crippen molar-refractivity contribution in [1.29, 1.82) is 0 Å². The van der Waals surface area contributed by atoms with Crippen LogP contribution in [0.15, 0.2) is 60.7 Å². The predicted molar refractivity (Wildman–Crippen MR) is 127 cm³/mol. The lowest BCUT2D eigenvalue weighted by Crippen LogP contribution is -2.33. The minimum absolute atomic E-state index is 0.234. The first-order chi connectivity index (χ1) is 14.3. The fourth-order valence-electron chi connectivity index (χ4n) is 5.46. The van der Waals surface area contributed by atoms with Gasteiger partial charge in [-0.1, -0.05) is 132 Å². The number of hydrogen-bond donors (Lipinski definition) is 0. The van der Waals surface area contributed by atoms with Gasteiger partial charge >= 0.3 is 0 Å². The lowest BCUT2D eigenvalue weighted by atomic mass is 9.62. The minimum atomic E-state index is 0.234. The lowest BCUT2D eigenvalue weighted by Gasteiger charge is -2.41. The highest BCUT2D eigenvalue weighted by molar-refractivity contribution is 5.39. The van der Waals surface area contributed by atoms with Gasteiger partial charge in [-0.15, -0.1) is 0 Å². The Bertz CT molecular complexity index is 607. The molecule has 0 amide bonds. The van der Waals surface area contributed by atoms with Crippen LogP contribution >= 0.6 is 0 Å². The van der Waals surface area contributed by atoms with Crippen LogP contribution in [0.1, 0.15) is 108 Å². The topological polar surface area (TPSA) is 0 Å². The molecule has 1 saturated carbocycles. The molecule has 29 heavy (non-hydrogen) atoms. The first-order valence-corrected chi connectivity index (χ1v) is 12.5. The molecule has 0 aromatic heterocycles. The van der Waals surface area contributed by atoms with Gasteiger partial charge in [-0.05, 0) is 42.7 Å². The quantitative estimate of drug-likeness (QED) is 0.317. The van der Waals surface area contributed by atoms with Crippen LogP contribution in [-0.4, -0.2) is 0 Å². The van der Waals surface area contributed by atoms with Crippen molar-refractivity contribution in [2.75, 3.05) is 0 Å². The Hall–Kier alpha value is -1.56. The maximum atomic E-state index is 2.35. The molecule has 0 bridgehead atoms. The Labute approximate surface area is 180 Å². The standard InChI is InChI=1S/C29H42/c1-2-3-4-5-6-7-8-9-12-17-26-22-24-29(25-23-26,27-18-13-10-14-19-27)28-20-15-11-16-21-28/h10-11,13-16,18-21,26H,2-9,12,17,22-25H2,1H3. The number of rotatable bonds is 12. The smallest absolute Gasteiger partial charge is 0.0203 e. The SMILES string of the molecule is CCCCCCCCCCCC1CCC(c2ccccc2)(c2ccccc2)CC1. The van der Waals surface area contributed by atoms with E-state index in [2.05, 4.69) is 67.6 Å². The highest BCUT2D eigenvalue weighted by atomic mass is 14.4. The van der Waals surface area contributed by atoms with Crippen LogP contribution in [-0.2, 0) is 5.41 Å². The Balaban J connectivity index is 1.44. The summed E-state index contributed by atoms with van der Waals surface area (Å²) in [7, 11) is 0. The van der Waals surface area contributed by atoms with Gasteiger partial charge < -0.3 is 0 Å². The van der Waals surface area contributed by atoms with Crippen molar-refractivity contribution >= 4 is 0 Å². The van der Waals surface area contributed by atoms with Gasteiger partial charge in [0.15, 0.2) is 0 Å². The van der Waals surface area contributed by atoms with Gasteiger partial charge in [0.2, 0.25) is 0 Å². The van der Waals surface area contributed by atoms with E-state index in [1.54, 1.807) is 0 Å². The molecule has 158 valence electrons. The van der Waals surface area contributed by atoms with Crippen molar-refractivity contribution in [2.24, 2.45) is 5.92 Å². The third kappa shape index (κ3) is 6.46. The van der Waals surface area contributed by atoms with E-state index in [1.807, 2.05) is 0 Å². The summed E-state index contributed by atoms with van der Waals surface area (Å²) in [5.41, 5.74) is 3.28. The Morgan fingerprint density at radius 3 is 1.55 bits per heavy atom. The van der Waals surface area contributed by atoms with Crippen molar-refractivity contribution in [2.45, 2.75) is 102 Å². The van der Waals surface area contributed by atoms with E-state index in [-0.39, 0.29) is 5.41 Å². The third-order valence-corrected chi connectivity index (χ3v) is 7.33. The van der Waals surface area contributed by atoms with Gasteiger partial charge in [0.25, 0.3) is 0 Å². The van der Waals surface area contributed by atoms with Gasteiger partial charge in [0.1, 0.15) is 0 Å². The lowest BCUT2D eigenvalue weighted by molar-refractivity contribution is 0.250. The van der Waals surface area contributed by atoms with E-state index >= 15 is 0 Å². The van der Waals surface area contributed by atoms with Crippen LogP contribution in [0, 0.1) is 5.92 Å². The molecule has 1 fully saturated rings. The van der Waals surface area contributed by atoms with E-state index < -0.39 is 0 Å². The van der Waals surface area contributed by atoms with Crippen molar-refractivity contribution in [3.05, 3.63) is 71.8 Å². The molecule has 0 N–H and O–H groups in total. The summed E-state index contributed by atoms with van der Waals surface area (Å²) in [6, 6.07) is 22.6. The second-order valence-electron chi connectivity index (χ2n) is 9.37. The summed E-state index contributed by atoms with van der Waals surface area (Å²) < 4.78 is 0. The fourth-order valence-corrected chi connectivity index (χ4v) is 5.46. The molecule has 0 atom stereocenters. The van der Waals surface area contributed by atoms with Crippen molar-refractivity contribution in [1.82, 2.24) is 0 Å². The second-order valence-corrected chi connectivity index (χ2v) is 9.37. The number of unbranched alkanes of at least 4 members (excludes halogenated alkanes) is 8. The molecule has 3 rings (SSSR count). The fraction of sp³-hybridized carbons (Fsp3) is 0.586. The summed E-state index contributed by atoms with van der Waals surface area (Å²) in [5, 5.41) is 0. The zero-order valence-electron chi connectivity index (χ0n) is 18.8. The summed E-state index contributed by atoms with van der Waals surface area (Å²) in [5.74, 6) is 0.945. The van der Waals surface area contributed by atoms with E-state index in [9.17, 15) is 0 Å². The van der Waals surface area contributed by atoms with Gasteiger partial charge in [0.05, 0.1) is 0 Å². The van der Waals surface area contributed by atoms with Gasteiger partial charge in [0, 0.05) is 5.41 Å². The second kappa shape index (κ2) is 12.2. The molecule has 0 heterocycles. The molecule has 0 aliphatic heterocycles. The van der Waals surface area contributed by atoms with Crippen LogP contribution in [0.4, 0.5) is 0 Å². The zero-order chi connectivity index (χ0) is 20.2. The molecule has 1 aliphatic rings. The Kier molecular flexibility index (Phi) is 9.32. The van der Waals surface area contributed by atoms with Crippen molar-refractivity contribution in [3.8, 4) is 0 Å². The summed E-state index contributed by atoms with van der Waals surface area (Å²) in [4.78, 5) is 0. The van der Waals surface area contributed by atoms with Crippen molar-refractivity contribution < 1.29 is 0 Å². The summed E-state index contributed by atoms with van der Waals surface area (Å²) in [6.45, 7) is 2.30. The number of benzene rings is 2. The van der Waals surface area contributed by atoms with Crippen LogP contribution in [0.2, 0.25) is 0 Å². The molecule has 0 saturated heterocycles. The molecule has 1 aliphatic carbocycles. The normalized spacial score (nSPS) is 16.7.